The van der Waals surface area contributed by atoms with Crippen molar-refractivity contribution in [1.29, 1.82) is 0 Å². The topological polar surface area (TPSA) is 38.3 Å². The van der Waals surface area contributed by atoms with Gasteiger partial charge in [0.15, 0.2) is 0 Å². The minimum Gasteiger partial charge on any atom is -0.312 e. The predicted molar refractivity (Wildman–Crippen MR) is 110 cm³/mol. The lowest BCUT2D eigenvalue weighted by Crippen LogP contribution is -2.35. The van der Waals surface area contributed by atoms with Gasteiger partial charge in [0.05, 0.1) is 11.4 Å². The van der Waals surface area contributed by atoms with Gasteiger partial charge in [0.25, 0.3) is 0 Å². The average Bonchev–Trinajstić information content (AvgIpc) is 2.63. The Labute approximate surface area is 157 Å². The molecule has 1 fully saturated rings. The SMILES string of the molecule is CC(C)[C@@H]1CC[C@@H](C)C[C@H]1O[P@@](=O)(Nc1ccccc1)c1ccccc1. The summed E-state index contributed by atoms with van der Waals surface area (Å²) in [5.74, 6) is 1.57. The van der Waals surface area contributed by atoms with Crippen LogP contribution in [0, 0.1) is 17.8 Å². The molecule has 0 radical (unpaired) electrons. The van der Waals surface area contributed by atoms with E-state index in [2.05, 4.69) is 25.9 Å². The number of rotatable bonds is 6. The standard InChI is InChI=1S/C22H30NO2P/c1-17(2)21-15-14-18(3)16-22(21)25-26(24,20-12-8-5-9-13-20)23-19-10-6-4-7-11-19/h4-13,17-18,21-22H,14-16H2,1-3H3,(H,23,24)/t18-,21+,22-,26-/m1/s1. The molecule has 3 rings (SSSR count). The molecule has 2 aromatic rings. The first-order valence-electron chi connectivity index (χ1n) is 9.65. The Morgan fingerprint density at radius 1 is 1.00 bits per heavy atom. The molecule has 0 spiro atoms. The molecule has 4 atom stereocenters. The summed E-state index contributed by atoms with van der Waals surface area (Å²) >= 11 is 0. The Kier molecular flexibility index (Phi) is 6.21. The largest absolute Gasteiger partial charge is 0.324 e. The van der Waals surface area contributed by atoms with E-state index in [0.29, 0.717) is 17.8 Å². The molecule has 0 bridgehead atoms. The molecule has 2 aromatic carbocycles. The molecule has 26 heavy (non-hydrogen) atoms. The summed E-state index contributed by atoms with van der Waals surface area (Å²) in [4.78, 5) is 0. The van der Waals surface area contributed by atoms with E-state index in [4.69, 9.17) is 4.52 Å². The van der Waals surface area contributed by atoms with E-state index < -0.39 is 7.52 Å². The first-order chi connectivity index (χ1) is 12.5. The highest BCUT2D eigenvalue weighted by Crippen LogP contribution is 2.50. The van der Waals surface area contributed by atoms with Crippen LogP contribution in [0.3, 0.4) is 0 Å². The third kappa shape index (κ3) is 4.58. The summed E-state index contributed by atoms with van der Waals surface area (Å²) < 4.78 is 20.5. The van der Waals surface area contributed by atoms with Crippen molar-refractivity contribution in [3.05, 3.63) is 60.7 Å². The summed E-state index contributed by atoms with van der Waals surface area (Å²) in [5, 5.41) is 3.95. The maximum Gasteiger partial charge on any atom is 0.324 e. The minimum atomic E-state index is -3.22. The summed E-state index contributed by atoms with van der Waals surface area (Å²) in [7, 11) is -3.22. The normalized spacial score (nSPS) is 25.6. The van der Waals surface area contributed by atoms with Crippen molar-refractivity contribution in [2.75, 3.05) is 5.09 Å². The molecule has 140 valence electrons. The zero-order chi connectivity index (χ0) is 18.6. The van der Waals surface area contributed by atoms with Crippen molar-refractivity contribution < 1.29 is 9.09 Å². The second kappa shape index (κ2) is 8.41. The molecule has 0 saturated heterocycles. The van der Waals surface area contributed by atoms with Crippen LogP contribution >= 0.6 is 7.52 Å². The molecule has 3 nitrogen and oxygen atoms in total. The number of para-hydroxylation sites is 1. The van der Waals surface area contributed by atoms with Gasteiger partial charge in [0.1, 0.15) is 0 Å². The van der Waals surface area contributed by atoms with E-state index in [0.717, 1.165) is 23.8 Å². The van der Waals surface area contributed by atoms with Gasteiger partial charge in [0, 0.05) is 5.69 Å². The van der Waals surface area contributed by atoms with Crippen LogP contribution in [0.5, 0.6) is 0 Å². The molecule has 0 aliphatic heterocycles. The van der Waals surface area contributed by atoms with Crippen LogP contribution in [0.1, 0.15) is 40.0 Å². The molecule has 1 N–H and O–H groups in total. The Balaban J connectivity index is 1.91. The lowest BCUT2D eigenvalue weighted by Gasteiger charge is -2.39. The van der Waals surface area contributed by atoms with E-state index in [-0.39, 0.29) is 6.10 Å². The van der Waals surface area contributed by atoms with Crippen molar-refractivity contribution in [2.24, 2.45) is 17.8 Å². The molecule has 0 unspecified atom stereocenters. The molecular formula is C22H30NO2P. The van der Waals surface area contributed by atoms with Gasteiger partial charge in [-0.3, -0.25) is 4.57 Å². The Morgan fingerprint density at radius 2 is 1.62 bits per heavy atom. The second-order valence-corrected chi connectivity index (χ2v) is 9.89. The maximum absolute atomic E-state index is 14.0. The number of anilines is 1. The van der Waals surface area contributed by atoms with E-state index in [1.807, 2.05) is 60.7 Å². The van der Waals surface area contributed by atoms with Crippen molar-refractivity contribution in [3.8, 4) is 0 Å². The third-order valence-corrected chi connectivity index (χ3v) is 7.49. The smallest absolute Gasteiger partial charge is 0.312 e. The quantitative estimate of drug-likeness (QED) is 0.624. The molecular weight excluding hydrogens is 341 g/mol. The first kappa shape index (κ1) is 19.2. The highest BCUT2D eigenvalue weighted by molar-refractivity contribution is 7.68. The fourth-order valence-electron chi connectivity index (χ4n) is 3.89. The van der Waals surface area contributed by atoms with Crippen LogP contribution in [-0.4, -0.2) is 6.10 Å². The highest BCUT2D eigenvalue weighted by Gasteiger charge is 2.38. The lowest BCUT2D eigenvalue weighted by atomic mass is 9.75. The van der Waals surface area contributed by atoms with Gasteiger partial charge >= 0.3 is 7.52 Å². The van der Waals surface area contributed by atoms with Crippen LogP contribution in [0.15, 0.2) is 60.7 Å². The molecule has 1 aliphatic rings. The van der Waals surface area contributed by atoms with Crippen molar-refractivity contribution in [2.45, 2.75) is 46.1 Å². The number of benzene rings is 2. The van der Waals surface area contributed by atoms with Crippen LogP contribution < -0.4 is 10.4 Å². The van der Waals surface area contributed by atoms with Crippen molar-refractivity contribution in [3.63, 3.8) is 0 Å². The molecule has 4 heteroatoms. The fourth-order valence-corrected chi connectivity index (χ4v) is 5.87. The Bertz CT molecular complexity index is 732. The van der Waals surface area contributed by atoms with Crippen LogP contribution in [0.2, 0.25) is 0 Å². The maximum atomic E-state index is 14.0. The zero-order valence-electron chi connectivity index (χ0n) is 16.0. The highest BCUT2D eigenvalue weighted by atomic mass is 31.2. The summed E-state index contributed by atoms with van der Waals surface area (Å²) in [6.45, 7) is 6.76. The molecule has 0 amide bonds. The monoisotopic (exact) mass is 371 g/mol. The predicted octanol–water partition coefficient (Wildman–Crippen LogP) is 6.09. The van der Waals surface area contributed by atoms with Gasteiger partial charge in [-0.05, 0) is 54.9 Å². The zero-order valence-corrected chi connectivity index (χ0v) is 16.9. The molecule has 0 heterocycles. The van der Waals surface area contributed by atoms with Gasteiger partial charge in [-0.25, -0.2) is 0 Å². The lowest BCUT2D eigenvalue weighted by molar-refractivity contribution is 0.0506. The van der Waals surface area contributed by atoms with E-state index >= 15 is 0 Å². The van der Waals surface area contributed by atoms with Gasteiger partial charge in [0.2, 0.25) is 0 Å². The fraction of sp³-hybridized carbons (Fsp3) is 0.455. The van der Waals surface area contributed by atoms with Crippen LogP contribution in [0.4, 0.5) is 5.69 Å². The van der Waals surface area contributed by atoms with Crippen LogP contribution in [0.25, 0.3) is 0 Å². The van der Waals surface area contributed by atoms with E-state index in [1.165, 1.54) is 6.42 Å². The number of hydrogen-bond donors (Lipinski definition) is 1. The van der Waals surface area contributed by atoms with Gasteiger partial charge in [-0.2, -0.15) is 0 Å². The molecule has 1 aliphatic carbocycles. The Morgan fingerprint density at radius 3 is 2.23 bits per heavy atom. The average molecular weight is 371 g/mol. The number of nitrogens with one attached hydrogen (secondary N) is 1. The molecule has 1 saturated carbocycles. The van der Waals surface area contributed by atoms with Crippen molar-refractivity contribution in [1.82, 2.24) is 0 Å². The van der Waals surface area contributed by atoms with E-state index in [1.54, 1.807) is 0 Å². The van der Waals surface area contributed by atoms with Crippen molar-refractivity contribution >= 4 is 18.5 Å². The second-order valence-electron chi connectivity index (χ2n) is 7.83. The Hall–Kier alpha value is -1.57. The van der Waals surface area contributed by atoms with Gasteiger partial charge in [-0.15, -0.1) is 0 Å². The molecule has 0 aromatic heterocycles. The summed E-state index contributed by atoms with van der Waals surface area (Å²) in [5.41, 5.74) is 0.824. The van der Waals surface area contributed by atoms with Crippen LogP contribution in [-0.2, 0) is 9.09 Å². The summed E-state index contributed by atoms with van der Waals surface area (Å²) in [6, 6.07) is 19.3. The first-order valence-corrected chi connectivity index (χ1v) is 11.3. The third-order valence-electron chi connectivity index (χ3n) is 5.39. The van der Waals surface area contributed by atoms with Gasteiger partial charge < -0.3 is 9.61 Å². The number of hydrogen-bond acceptors (Lipinski definition) is 2. The van der Waals surface area contributed by atoms with E-state index in [9.17, 15) is 4.57 Å². The summed E-state index contributed by atoms with van der Waals surface area (Å²) in [6.07, 6.45) is 3.35. The van der Waals surface area contributed by atoms with Gasteiger partial charge in [-0.1, -0.05) is 63.6 Å². The minimum absolute atomic E-state index is 0.0148.